The average Bonchev–Trinajstić information content (AvgIpc) is 3.31. The molecule has 0 spiro atoms. The molecule has 2 heterocycles. The third kappa shape index (κ3) is 3.36. The van der Waals surface area contributed by atoms with Crippen LogP contribution in [0.25, 0.3) is 11.3 Å². The number of carbonyl (C=O) groups is 2. The maximum Gasteiger partial charge on any atom is 0.205 e. The van der Waals surface area contributed by atoms with E-state index in [-0.39, 0.29) is 23.0 Å². The number of nitrogens with zero attached hydrogens (tertiary/aromatic N) is 3. The first-order valence-electron chi connectivity index (χ1n) is 9.94. The van der Waals surface area contributed by atoms with Gasteiger partial charge in [0.05, 0.1) is 16.6 Å². The van der Waals surface area contributed by atoms with Crippen molar-refractivity contribution in [1.82, 2.24) is 10.2 Å². The van der Waals surface area contributed by atoms with Crippen LogP contribution in [0.15, 0.2) is 51.6 Å². The van der Waals surface area contributed by atoms with Gasteiger partial charge in [-0.15, -0.1) is 0 Å². The summed E-state index contributed by atoms with van der Waals surface area (Å²) in [6.45, 7) is 1.47. The number of aliphatic imine (C=N–C) groups is 1. The molecule has 154 valence electrons. The van der Waals surface area contributed by atoms with Gasteiger partial charge in [0.15, 0.2) is 5.78 Å². The molecule has 4 rings (SSSR count). The standard InChI is InChI=1S/C23H24N4O3/c1-24-10-8-14-20-17(29)6-7-18(30)23(20)26-21(14)15-4-5-16(28)19-13(9-11-27(2)3)12-25-22(15)19/h4-7,12,24,28H,8-11H2,1-3H3. The molecule has 3 aliphatic rings. The van der Waals surface area contributed by atoms with E-state index < -0.39 is 0 Å². The summed E-state index contributed by atoms with van der Waals surface area (Å²) in [4.78, 5) is 36.2. The summed E-state index contributed by atoms with van der Waals surface area (Å²) in [6.07, 6.45) is 5.67. The molecule has 1 aromatic carbocycles. The summed E-state index contributed by atoms with van der Waals surface area (Å²) in [5, 5.41) is 15.0. The van der Waals surface area contributed by atoms with Gasteiger partial charge in [0, 0.05) is 23.5 Å². The summed E-state index contributed by atoms with van der Waals surface area (Å²) < 4.78 is 0. The summed E-state index contributed by atoms with van der Waals surface area (Å²) in [5.41, 5.74) is 3.57. The van der Waals surface area contributed by atoms with Crippen molar-refractivity contribution < 1.29 is 14.7 Å². The Hall–Kier alpha value is -3.16. The number of hydrogen-bond acceptors (Lipinski definition) is 7. The second-order valence-electron chi connectivity index (χ2n) is 7.77. The smallest absolute Gasteiger partial charge is 0.205 e. The van der Waals surface area contributed by atoms with E-state index in [0.29, 0.717) is 35.2 Å². The zero-order chi connectivity index (χ0) is 21.4. The van der Waals surface area contributed by atoms with Crippen LogP contribution >= 0.6 is 0 Å². The summed E-state index contributed by atoms with van der Waals surface area (Å²) >= 11 is 0. The summed E-state index contributed by atoms with van der Waals surface area (Å²) in [5.74, 6) is -0.299. The minimum Gasteiger partial charge on any atom is -0.507 e. The maximum atomic E-state index is 12.6. The lowest BCUT2D eigenvalue weighted by atomic mass is 9.91. The van der Waals surface area contributed by atoms with E-state index in [1.165, 1.54) is 12.2 Å². The van der Waals surface area contributed by atoms with Gasteiger partial charge in [-0.25, -0.2) is 4.99 Å². The number of ketones is 2. The maximum absolute atomic E-state index is 12.6. The minimum absolute atomic E-state index is 0.168. The molecule has 7 nitrogen and oxygen atoms in total. The Bertz CT molecular complexity index is 1200. The molecule has 0 saturated heterocycles. The zero-order valence-corrected chi connectivity index (χ0v) is 17.3. The molecule has 7 heteroatoms. The number of nitrogens with one attached hydrogen (secondary N) is 1. The van der Waals surface area contributed by atoms with Crippen LogP contribution in [-0.4, -0.2) is 61.5 Å². The highest BCUT2D eigenvalue weighted by Gasteiger charge is 2.34. The van der Waals surface area contributed by atoms with Gasteiger partial charge in [0.2, 0.25) is 5.78 Å². The minimum atomic E-state index is -0.265. The van der Waals surface area contributed by atoms with Crippen molar-refractivity contribution in [1.29, 1.82) is 0 Å². The largest absolute Gasteiger partial charge is 0.507 e. The number of fused-ring (bicyclic) bond motifs is 2. The van der Waals surface area contributed by atoms with E-state index in [2.05, 4.69) is 20.2 Å². The number of allylic oxidation sites excluding steroid dienone is 3. The molecule has 2 N–H and O–H groups in total. The highest BCUT2D eigenvalue weighted by atomic mass is 16.3. The second kappa shape index (κ2) is 7.93. The molecule has 1 aromatic rings. The molecule has 30 heavy (non-hydrogen) atoms. The molecule has 1 aliphatic carbocycles. The molecule has 0 radical (unpaired) electrons. The Morgan fingerprint density at radius 1 is 1.10 bits per heavy atom. The third-order valence-electron chi connectivity index (χ3n) is 5.45. The molecular weight excluding hydrogens is 380 g/mol. The Balaban J connectivity index is 1.93. The monoisotopic (exact) mass is 404 g/mol. The van der Waals surface area contributed by atoms with E-state index in [9.17, 15) is 14.7 Å². The van der Waals surface area contributed by atoms with Gasteiger partial charge >= 0.3 is 0 Å². The van der Waals surface area contributed by atoms with Crippen molar-refractivity contribution in [3.63, 3.8) is 0 Å². The molecule has 0 amide bonds. The van der Waals surface area contributed by atoms with Crippen LogP contribution in [0.1, 0.15) is 18.4 Å². The van der Waals surface area contributed by atoms with Gasteiger partial charge in [0.25, 0.3) is 0 Å². The van der Waals surface area contributed by atoms with E-state index in [0.717, 1.165) is 29.3 Å². The number of aromatic hydroxyl groups is 1. The van der Waals surface area contributed by atoms with Gasteiger partial charge < -0.3 is 15.3 Å². The quantitative estimate of drug-likeness (QED) is 0.720. The molecule has 0 fully saturated rings. The summed E-state index contributed by atoms with van der Waals surface area (Å²) in [7, 11) is 5.83. The van der Waals surface area contributed by atoms with E-state index in [1.807, 2.05) is 21.1 Å². The first kappa shape index (κ1) is 20.1. The van der Waals surface area contributed by atoms with E-state index in [4.69, 9.17) is 0 Å². The molecule has 2 aliphatic heterocycles. The molecular formula is C23H24N4O3. The van der Waals surface area contributed by atoms with E-state index >= 15 is 0 Å². The van der Waals surface area contributed by atoms with Crippen LogP contribution in [0.4, 0.5) is 0 Å². The van der Waals surface area contributed by atoms with Gasteiger partial charge in [-0.3, -0.25) is 14.6 Å². The van der Waals surface area contributed by atoms with Crippen LogP contribution in [0, 0.1) is 0 Å². The number of phenols is 1. The summed E-state index contributed by atoms with van der Waals surface area (Å²) in [6, 6.07) is 3.40. The van der Waals surface area contributed by atoms with Gasteiger partial charge in [-0.1, -0.05) is 0 Å². The van der Waals surface area contributed by atoms with Crippen molar-refractivity contribution in [3.8, 4) is 5.75 Å². The second-order valence-corrected chi connectivity index (χ2v) is 7.77. The van der Waals surface area contributed by atoms with Gasteiger partial charge in [-0.2, -0.15) is 0 Å². The number of carbonyl (C=O) groups excluding carboxylic acids is 2. The first-order valence-corrected chi connectivity index (χ1v) is 9.94. The molecule has 0 aromatic heterocycles. The van der Waals surface area contributed by atoms with Gasteiger partial charge in [-0.05, 0) is 76.0 Å². The Kier molecular flexibility index (Phi) is 5.32. The van der Waals surface area contributed by atoms with Crippen LogP contribution in [-0.2, 0) is 9.59 Å². The Morgan fingerprint density at radius 2 is 1.87 bits per heavy atom. The SMILES string of the molecule is CNCCC1=C2C(=O)C=CC(=O)C2=NC1=c1ccc(O)c2c1=NC=C2CCN(C)C. The van der Waals surface area contributed by atoms with Crippen molar-refractivity contribution in [2.24, 2.45) is 9.98 Å². The molecule has 0 bridgehead atoms. The van der Waals surface area contributed by atoms with Crippen molar-refractivity contribution >= 4 is 28.5 Å². The average molecular weight is 404 g/mol. The number of benzene rings is 1. The Morgan fingerprint density at radius 3 is 2.60 bits per heavy atom. The fourth-order valence-electron chi connectivity index (χ4n) is 3.93. The normalized spacial score (nSPS) is 19.2. The third-order valence-corrected chi connectivity index (χ3v) is 5.45. The number of rotatable bonds is 6. The lowest BCUT2D eigenvalue weighted by Crippen LogP contribution is -2.29. The first-order chi connectivity index (χ1) is 14.4. The zero-order valence-electron chi connectivity index (χ0n) is 17.3. The number of hydrogen-bond donors (Lipinski definition) is 2. The van der Waals surface area contributed by atoms with Gasteiger partial charge in [0.1, 0.15) is 11.5 Å². The molecule has 0 saturated carbocycles. The van der Waals surface area contributed by atoms with Crippen LogP contribution in [0.5, 0.6) is 5.75 Å². The van der Waals surface area contributed by atoms with Crippen LogP contribution < -0.4 is 15.9 Å². The lowest BCUT2D eigenvalue weighted by Gasteiger charge is -2.12. The number of phenolic OH excluding ortho intramolecular Hbond substituents is 1. The van der Waals surface area contributed by atoms with Crippen molar-refractivity contribution in [3.05, 3.63) is 57.8 Å². The highest BCUT2D eigenvalue weighted by Crippen LogP contribution is 2.32. The molecule has 0 unspecified atom stereocenters. The fourth-order valence-corrected chi connectivity index (χ4v) is 3.93. The van der Waals surface area contributed by atoms with Crippen molar-refractivity contribution in [2.75, 3.05) is 34.2 Å². The predicted octanol–water partition coefficient (Wildman–Crippen LogP) is 0.495. The predicted molar refractivity (Wildman–Crippen MR) is 116 cm³/mol. The topological polar surface area (TPSA) is 94.4 Å². The molecule has 0 atom stereocenters. The van der Waals surface area contributed by atoms with Crippen molar-refractivity contribution in [2.45, 2.75) is 12.8 Å². The Labute approximate surface area is 174 Å². The van der Waals surface area contributed by atoms with Crippen LogP contribution in [0.2, 0.25) is 0 Å². The highest BCUT2D eigenvalue weighted by molar-refractivity contribution is 6.60. The van der Waals surface area contributed by atoms with Crippen LogP contribution in [0.3, 0.4) is 0 Å². The lowest BCUT2D eigenvalue weighted by molar-refractivity contribution is -0.113. The van der Waals surface area contributed by atoms with E-state index in [1.54, 1.807) is 18.3 Å². The fraction of sp³-hybridized carbons (Fsp3) is 0.304.